The van der Waals surface area contributed by atoms with Gasteiger partial charge < -0.3 is 5.73 Å². The van der Waals surface area contributed by atoms with Crippen LogP contribution in [0.3, 0.4) is 0 Å². The molecule has 5 heteroatoms. The lowest BCUT2D eigenvalue weighted by Gasteiger charge is -1.95. The summed E-state index contributed by atoms with van der Waals surface area (Å²) in [7, 11) is 0. The van der Waals surface area contributed by atoms with Gasteiger partial charge in [0.2, 0.25) is 0 Å². The molecule has 0 aliphatic rings. The highest BCUT2D eigenvalue weighted by atomic mass is 15.6. The molecule has 0 saturated carbocycles. The van der Waals surface area contributed by atoms with Crippen LogP contribution >= 0.6 is 0 Å². The summed E-state index contributed by atoms with van der Waals surface area (Å²) in [5.74, 6) is 0.740. The lowest BCUT2D eigenvalue weighted by atomic mass is 10.3. The zero-order chi connectivity index (χ0) is 10.5. The number of hydrogen-bond donors (Lipinski definition) is 1. The monoisotopic (exact) mass is 203 g/mol. The summed E-state index contributed by atoms with van der Waals surface area (Å²) in [5, 5.41) is 12.2. The highest BCUT2D eigenvalue weighted by Crippen LogP contribution is 2.03. The Kier molecular flexibility index (Phi) is 3.04. The molecule has 0 aliphatic carbocycles. The van der Waals surface area contributed by atoms with Crippen molar-refractivity contribution >= 4 is 0 Å². The molecule has 2 N–H and O–H groups in total. The molecule has 0 bridgehead atoms. The van der Waals surface area contributed by atoms with Gasteiger partial charge in [0.25, 0.3) is 0 Å². The summed E-state index contributed by atoms with van der Waals surface area (Å²) in [6.45, 7) is 0.653. The zero-order valence-corrected chi connectivity index (χ0v) is 8.37. The van der Waals surface area contributed by atoms with Crippen LogP contribution in [0.1, 0.15) is 12.2 Å². The molecule has 0 unspecified atom stereocenters. The summed E-state index contributed by atoms with van der Waals surface area (Å²) < 4.78 is 0. The normalized spacial score (nSPS) is 10.5. The zero-order valence-electron chi connectivity index (χ0n) is 8.37. The fourth-order valence-electron chi connectivity index (χ4n) is 1.27. The number of nitrogens with two attached hydrogens (primary N) is 1. The number of para-hydroxylation sites is 1. The maximum absolute atomic E-state index is 5.41. The van der Waals surface area contributed by atoms with Crippen molar-refractivity contribution < 1.29 is 0 Å². The Bertz CT molecular complexity index is 409. The summed E-state index contributed by atoms with van der Waals surface area (Å²) in [4.78, 5) is 1.53. The van der Waals surface area contributed by atoms with E-state index in [9.17, 15) is 0 Å². The van der Waals surface area contributed by atoms with E-state index in [2.05, 4.69) is 15.4 Å². The highest BCUT2D eigenvalue weighted by Gasteiger charge is 2.02. The fourth-order valence-corrected chi connectivity index (χ4v) is 1.27. The highest BCUT2D eigenvalue weighted by molar-refractivity contribution is 5.27. The maximum Gasteiger partial charge on any atom is 0.175 e. The first kappa shape index (κ1) is 9.79. The van der Waals surface area contributed by atoms with E-state index in [4.69, 9.17) is 5.73 Å². The van der Waals surface area contributed by atoms with Crippen molar-refractivity contribution in [3.63, 3.8) is 0 Å². The number of aromatic nitrogens is 4. The Morgan fingerprint density at radius 2 is 2.00 bits per heavy atom. The van der Waals surface area contributed by atoms with Crippen molar-refractivity contribution in [3.05, 3.63) is 36.2 Å². The van der Waals surface area contributed by atoms with Crippen LogP contribution in [-0.2, 0) is 6.42 Å². The number of aryl methyl sites for hydroxylation is 1. The second kappa shape index (κ2) is 4.65. The molecule has 0 amide bonds. The average molecular weight is 203 g/mol. The Balaban J connectivity index is 2.14. The Labute approximate surface area is 87.9 Å². The van der Waals surface area contributed by atoms with E-state index in [1.54, 1.807) is 0 Å². The van der Waals surface area contributed by atoms with E-state index in [0.29, 0.717) is 6.54 Å². The molecular formula is C10H13N5. The molecule has 0 atom stereocenters. The molecule has 15 heavy (non-hydrogen) atoms. The van der Waals surface area contributed by atoms with Gasteiger partial charge in [-0.05, 0) is 30.3 Å². The summed E-state index contributed by atoms with van der Waals surface area (Å²) in [6, 6.07) is 9.72. The van der Waals surface area contributed by atoms with Gasteiger partial charge in [-0.2, -0.15) is 0 Å². The molecule has 0 fully saturated rings. The van der Waals surface area contributed by atoms with E-state index in [0.717, 1.165) is 24.4 Å². The Morgan fingerprint density at radius 3 is 2.73 bits per heavy atom. The number of nitrogens with zero attached hydrogens (tertiary/aromatic N) is 4. The van der Waals surface area contributed by atoms with Crippen LogP contribution in [0, 0.1) is 0 Å². The minimum absolute atomic E-state index is 0.653. The lowest BCUT2D eigenvalue weighted by Crippen LogP contribution is -2.02. The van der Waals surface area contributed by atoms with Crippen molar-refractivity contribution in [2.45, 2.75) is 12.8 Å². The van der Waals surface area contributed by atoms with Crippen LogP contribution < -0.4 is 5.73 Å². The molecular weight excluding hydrogens is 190 g/mol. The van der Waals surface area contributed by atoms with Gasteiger partial charge in [0.15, 0.2) is 5.82 Å². The van der Waals surface area contributed by atoms with Crippen molar-refractivity contribution in [2.24, 2.45) is 5.73 Å². The van der Waals surface area contributed by atoms with Crippen molar-refractivity contribution in [2.75, 3.05) is 6.54 Å². The van der Waals surface area contributed by atoms with E-state index in [-0.39, 0.29) is 0 Å². The van der Waals surface area contributed by atoms with Gasteiger partial charge in [-0.15, -0.1) is 15.0 Å². The standard InChI is InChI=1S/C10H13N5/c11-8-4-7-10-12-14-15(13-10)9-5-2-1-3-6-9/h1-3,5-6H,4,7-8,11H2. The molecule has 0 saturated heterocycles. The van der Waals surface area contributed by atoms with Gasteiger partial charge in [0.1, 0.15) is 0 Å². The molecule has 78 valence electrons. The van der Waals surface area contributed by atoms with Crippen LogP contribution in [0.5, 0.6) is 0 Å². The molecule has 1 aromatic heterocycles. The third-order valence-electron chi connectivity index (χ3n) is 2.05. The van der Waals surface area contributed by atoms with Crippen molar-refractivity contribution in [1.29, 1.82) is 0 Å². The molecule has 5 nitrogen and oxygen atoms in total. The van der Waals surface area contributed by atoms with Gasteiger partial charge >= 0.3 is 0 Å². The molecule has 0 spiro atoms. The SMILES string of the molecule is NCCCc1nnn(-c2ccccc2)n1. The van der Waals surface area contributed by atoms with E-state index >= 15 is 0 Å². The van der Waals surface area contributed by atoms with Gasteiger partial charge in [-0.3, -0.25) is 0 Å². The van der Waals surface area contributed by atoms with Crippen LogP contribution in [0.15, 0.2) is 30.3 Å². The second-order valence-electron chi connectivity index (χ2n) is 3.22. The predicted octanol–water partition coefficient (Wildman–Crippen LogP) is 0.554. The van der Waals surface area contributed by atoms with E-state index in [1.807, 2.05) is 30.3 Å². The first-order chi connectivity index (χ1) is 7.40. The molecule has 1 aromatic carbocycles. The molecule has 2 aromatic rings. The maximum atomic E-state index is 5.41. The summed E-state index contributed by atoms with van der Waals surface area (Å²) in [6.07, 6.45) is 1.67. The largest absolute Gasteiger partial charge is 0.330 e. The van der Waals surface area contributed by atoms with Crippen molar-refractivity contribution in [1.82, 2.24) is 20.2 Å². The predicted molar refractivity (Wildman–Crippen MR) is 56.5 cm³/mol. The Hall–Kier alpha value is -1.75. The van der Waals surface area contributed by atoms with Gasteiger partial charge in [0.05, 0.1) is 5.69 Å². The quantitative estimate of drug-likeness (QED) is 0.788. The third kappa shape index (κ3) is 2.38. The molecule has 2 rings (SSSR count). The molecule has 0 aliphatic heterocycles. The molecule has 1 heterocycles. The van der Waals surface area contributed by atoms with Crippen LogP contribution in [0.25, 0.3) is 5.69 Å². The van der Waals surface area contributed by atoms with Gasteiger partial charge in [-0.25, -0.2) is 0 Å². The smallest absolute Gasteiger partial charge is 0.175 e. The van der Waals surface area contributed by atoms with Crippen LogP contribution in [-0.4, -0.2) is 26.8 Å². The third-order valence-corrected chi connectivity index (χ3v) is 2.05. The minimum Gasteiger partial charge on any atom is -0.330 e. The van der Waals surface area contributed by atoms with E-state index < -0.39 is 0 Å². The Morgan fingerprint density at radius 1 is 1.20 bits per heavy atom. The number of tetrazole rings is 1. The summed E-state index contributed by atoms with van der Waals surface area (Å²) >= 11 is 0. The molecule has 0 radical (unpaired) electrons. The second-order valence-corrected chi connectivity index (χ2v) is 3.22. The minimum atomic E-state index is 0.653. The van der Waals surface area contributed by atoms with Crippen molar-refractivity contribution in [3.8, 4) is 5.69 Å². The van der Waals surface area contributed by atoms with Gasteiger partial charge in [-0.1, -0.05) is 18.2 Å². The average Bonchev–Trinajstić information content (AvgIpc) is 2.76. The number of rotatable bonds is 4. The first-order valence-electron chi connectivity index (χ1n) is 4.94. The number of benzene rings is 1. The summed E-state index contributed by atoms with van der Waals surface area (Å²) in [5.41, 5.74) is 6.33. The topological polar surface area (TPSA) is 69.6 Å². The fraction of sp³-hybridized carbons (Fsp3) is 0.300. The number of hydrogen-bond acceptors (Lipinski definition) is 4. The van der Waals surface area contributed by atoms with Crippen LogP contribution in [0.2, 0.25) is 0 Å². The van der Waals surface area contributed by atoms with Crippen LogP contribution in [0.4, 0.5) is 0 Å². The first-order valence-corrected chi connectivity index (χ1v) is 4.94. The van der Waals surface area contributed by atoms with Gasteiger partial charge in [0, 0.05) is 6.42 Å². The van der Waals surface area contributed by atoms with E-state index in [1.165, 1.54) is 4.80 Å². The lowest BCUT2D eigenvalue weighted by molar-refractivity contribution is 0.714.